The van der Waals surface area contributed by atoms with Gasteiger partial charge in [0.05, 0.1) is 6.54 Å². The van der Waals surface area contributed by atoms with Gasteiger partial charge in [0.15, 0.2) is 0 Å². The molecule has 9 nitrogen and oxygen atoms in total. The first kappa shape index (κ1) is 17.5. The number of amides is 1. The van der Waals surface area contributed by atoms with Gasteiger partial charge in [-0.1, -0.05) is 6.92 Å². The number of nitrogens with one attached hydrogen (secondary N) is 1. The molecule has 0 aromatic carbocycles. The van der Waals surface area contributed by atoms with Crippen molar-refractivity contribution >= 4 is 5.91 Å². The number of pyridine rings is 1. The van der Waals surface area contributed by atoms with Gasteiger partial charge in [-0.25, -0.2) is 4.98 Å². The zero-order valence-corrected chi connectivity index (χ0v) is 14.5. The van der Waals surface area contributed by atoms with Crippen LogP contribution in [0, 0.1) is 0 Å². The van der Waals surface area contributed by atoms with Crippen molar-refractivity contribution in [2.75, 3.05) is 6.54 Å². The smallest absolute Gasteiger partial charge is 0.264 e. The summed E-state index contributed by atoms with van der Waals surface area (Å²) >= 11 is 0. The first-order valence-electron chi connectivity index (χ1n) is 8.22. The molecule has 9 heteroatoms. The number of rotatable bonds is 6. The molecule has 0 aliphatic heterocycles. The summed E-state index contributed by atoms with van der Waals surface area (Å²) < 4.78 is 5.43. The van der Waals surface area contributed by atoms with Gasteiger partial charge in [0.1, 0.15) is 11.4 Å². The van der Waals surface area contributed by atoms with E-state index in [9.17, 15) is 9.59 Å². The maximum atomic E-state index is 12.7. The average molecular weight is 354 g/mol. The molecule has 26 heavy (non-hydrogen) atoms. The van der Waals surface area contributed by atoms with Crippen LogP contribution < -0.4 is 5.56 Å². The van der Waals surface area contributed by atoms with Crippen molar-refractivity contribution in [1.29, 1.82) is 0 Å². The van der Waals surface area contributed by atoms with E-state index in [0.29, 0.717) is 36.1 Å². The lowest BCUT2D eigenvalue weighted by molar-refractivity contribution is 0.0735. The average Bonchev–Trinajstić information content (AvgIpc) is 3.14. The third-order valence-corrected chi connectivity index (χ3v) is 3.77. The zero-order chi connectivity index (χ0) is 18.5. The molecule has 0 saturated carbocycles. The Morgan fingerprint density at radius 1 is 1.23 bits per heavy atom. The van der Waals surface area contributed by atoms with Crippen LogP contribution in [0.3, 0.4) is 0 Å². The van der Waals surface area contributed by atoms with E-state index < -0.39 is 11.5 Å². The molecule has 1 N–H and O–H groups in total. The fourth-order valence-corrected chi connectivity index (χ4v) is 2.35. The highest BCUT2D eigenvalue weighted by molar-refractivity contribution is 5.93. The lowest BCUT2D eigenvalue weighted by atomic mass is 10.2. The third kappa shape index (κ3) is 3.66. The minimum atomic E-state index is -0.512. The van der Waals surface area contributed by atoms with E-state index in [0.717, 1.165) is 0 Å². The number of H-pyrrole nitrogens is 1. The van der Waals surface area contributed by atoms with Gasteiger partial charge in [-0.15, -0.1) is 10.2 Å². The molecular weight excluding hydrogens is 336 g/mol. The second-order valence-electron chi connectivity index (χ2n) is 5.48. The molecule has 0 saturated heterocycles. The Bertz CT molecular complexity index is 950. The van der Waals surface area contributed by atoms with E-state index in [1.807, 2.05) is 6.92 Å². The molecule has 0 atom stereocenters. The molecule has 0 aliphatic rings. The van der Waals surface area contributed by atoms with Crippen LogP contribution in [0.4, 0.5) is 0 Å². The Kier molecular flexibility index (Phi) is 5.16. The van der Waals surface area contributed by atoms with Crippen LogP contribution in [-0.4, -0.2) is 42.5 Å². The van der Waals surface area contributed by atoms with E-state index >= 15 is 0 Å². The van der Waals surface area contributed by atoms with Gasteiger partial charge in [0, 0.05) is 37.1 Å². The van der Waals surface area contributed by atoms with Crippen LogP contribution in [0.5, 0.6) is 0 Å². The van der Waals surface area contributed by atoms with Crippen LogP contribution in [0.15, 0.2) is 39.9 Å². The second-order valence-corrected chi connectivity index (χ2v) is 5.48. The van der Waals surface area contributed by atoms with Gasteiger partial charge >= 0.3 is 0 Å². The van der Waals surface area contributed by atoms with Gasteiger partial charge in [-0.2, -0.15) is 0 Å². The lowest BCUT2D eigenvalue weighted by Gasteiger charge is -2.18. The summed E-state index contributed by atoms with van der Waals surface area (Å²) in [5.41, 5.74) is 0.103. The van der Waals surface area contributed by atoms with Crippen molar-refractivity contribution in [3.8, 4) is 11.4 Å². The number of hydrogen-bond donors (Lipinski definition) is 1. The van der Waals surface area contributed by atoms with Crippen LogP contribution >= 0.6 is 0 Å². The Balaban J connectivity index is 1.82. The molecule has 0 spiro atoms. The number of aromatic amines is 1. The zero-order valence-electron chi connectivity index (χ0n) is 14.5. The standard InChI is InChI=1S/C17H18N6O3/c1-3-13-21-22-14(26-13)10-23(4-2)17(25)12-9-19-15(20-16(12)24)11-6-5-7-18-8-11/h5-9H,3-4,10H2,1-2H3,(H,19,20,24). The minimum absolute atomic E-state index is 0.0466. The number of aromatic nitrogens is 5. The SMILES string of the molecule is CCc1nnc(CN(CC)C(=O)c2cnc(-c3cccnc3)[nH]c2=O)o1. The molecule has 0 unspecified atom stereocenters. The Labute approximate surface area is 149 Å². The molecule has 0 fully saturated rings. The summed E-state index contributed by atoms with van der Waals surface area (Å²) in [6, 6.07) is 3.51. The second kappa shape index (κ2) is 7.68. The quantitative estimate of drug-likeness (QED) is 0.711. The van der Waals surface area contributed by atoms with Crippen molar-refractivity contribution in [3.05, 3.63) is 58.4 Å². The van der Waals surface area contributed by atoms with Crippen LogP contribution in [0.2, 0.25) is 0 Å². The van der Waals surface area contributed by atoms with E-state index in [-0.39, 0.29) is 12.1 Å². The first-order chi connectivity index (χ1) is 12.6. The molecule has 3 aromatic heterocycles. The van der Waals surface area contributed by atoms with Crippen molar-refractivity contribution in [1.82, 2.24) is 30.0 Å². The number of hydrogen-bond acceptors (Lipinski definition) is 7. The number of aryl methyl sites for hydroxylation is 1. The van der Waals surface area contributed by atoms with E-state index in [1.165, 1.54) is 11.1 Å². The predicted molar refractivity (Wildman–Crippen MR) is 92.2 cm³/mol. The van der Waals surface area contributed by atoms with E-state index in [2.05, 4.69) is 25.1 Å². The van der Waals surface area contributed by atoms with Crippen LogP contribution in [0.25, 0.3) is 11.4 Å². The summed E-state index contributed by atoms with van der Waals surface area (Å²) in [4.78, 5) is 37.3. The molecule has 3 heterocycles. The van der Waals surface area contributed by atoms with Gasteiger partial charge in [0.25, 0.3) is 11.5 Å². The number of carbonyl (C=O) groups excluding carboxylic acids is 1. The Morgan fingerprint density at radius 3 is 2.65 bits per heavy atom. The molecule has 0 radical (unpaired) electrons. The molecular formula is C17H18N6O3. The van der Waals surface area contributed by atoms with Crippen molar-refractivity contribution in [2.45, 2.75) is 26.8 Å². The Hall–Kier alpha value is -3.36. The minimum Gasteiger partial charge on any atom is -0.423 e. The fraction of sp³-hybridized carbons (Fsp3) is 0.294. The maximum Gasteiger partial charge on any atom is 0.264 e. The van der Waals surface area contributed by atoms with Gasteiger partial charge in [-0.05, 0) is 19.1 Å². The molecule has 3 rings (SSSR count). The van der Waals surface area contributed by atoms with Gasteiger partial charge < -0.3 is 14.3 Å². The number of nitrogens with zero attached hydrogens (tertiary/aromatic N) is 5. The summed E-state index contributed by atoms with van der Waals surface area (Å²) in [6.45, 7) is 4.22. The summed E-state index contributed by atoms with van der Waals surface area (Å²) in [5, 5.41) is 7.78. The third-order valence-electron chi connectivity index (χ3n) is 3.77. The van der Waals surface area contributed by atoms with Crippen LogP contribution in [-0.2, 0) is 13.0 Å². The molecule has 3 aromatic rings. The first-order valence-corrected chi connectivity index (χ1v) is 8.22. The predicted octanol–water partition coefficient (Wildman–Crippen LogP) is 1.44. The topological polar surface area (TPSA) is 118 Å². The number of carbonyl (C=O) groups is 1. The largest absolute Gasteiger partial charge is 0.423 e. The highest BCUT2D eigenvalue weighted by Crippen LogP contribution is 2.12. The molecule has 1 amide bonds. The molecule has 134 valence electrons. The Morgan fingerprint density at radius 2 is 2.04 bits per heavy atom. The fourth-order valence-electron chi connectivity index (χ4n) is 2.35. The highest BCUT2D eigenvalue weighted by Gasteiger charge is 2.21. The summed E-state index contributed by atoms with van der Waals surface area (Å²) in [6.07, 6.45) is 5.10. The maximum absolute atomic E-state index is 12.7. The van der Waals surface area contributed by atoms with Crippen molar-refractivity contribution in [2.24, 2.45) is 0 Å². The molecule has 0 aliphatic carbocycles. The normalized spacial score (nSPS) is 10.7. The lowest BCUT2D eigenvalue weighted by Crippen LogP contribution is -2.34. The van der Waals surface area contributed by atoms with Crippen molar-refractivity contribution < 1.29 is 9.21 Å². The van der Waals surface area contributed by atoms with E-state index in [1.54, 1.807) is 31.5 Å². The van der Waals surface area contributed by atoms with Gasteiger partial charge in [0.2, 0.25) is 11.8 Å². The molecule has 0 bridgehead atoms. The summed E-state index contributed by atoms with van der Waals surface area (Å²) in [7, 11) is 0. The van der Waals surface area contributed by atoms with Crippen LogP contribution in [0.1, 0.15) is 36.0 Å². The van der Waals surface area contributed by atoms with E-state index in [4.69, 9.17) is 4.42 Å². The highest BCUT2D eigenvalue weighted by atomic mass is 16.4. The monoisotopic (exact) mass is 354 g/mol. The van der Waals surface area contributed by atoms with Crippen molar-refractivity contribution in [3.63, 3.8) is 0 Å². The van der Waals surface area contributed by atoms with Gasteiger partial charge in [-0.3, -0.25) is 14.6 Å². The summed E-state index contributed by atoms with van der Waals surface area (Å²) in [5.74, 6) is 0.736.